The van der Waals surface area contributed by atoms with Crippen molar-refractivity contribution in [3.63, 3.8) is 0 Å². The van der Waals surface area contributed by atoms with Gasteiger partial charge in [-0.25, -0.2) is 20.5 Å². The molecule has 8 amide bonds. The lowest BCUT2D eigenvalue weighted by molar-refractivity contribution is -0.142. The predicted octanol–water partition coefficient (Wildman–Crippen LogP) is 8.11. The van der Waals surface area contributed by atoms with Gasteiger partial charge in [0.05, 0.1) is 10.0 Å². The Balaban J connectivity index is 0.000000330. The molecule has 4 rings (SSSR count). The number of carbonyl (C=O) groups excluding carboxylic acids is 6. The van der Waals surface area contributed by atoms with E-state index in [1.807, 2.05) is 41.5 Å². The van der Waals surface area contributed by atoms with Crippen molar-refractivity contribution in [2.24, 2.45) is 22.7 Å². The summed E-state index contributed by atoms with van der Waals surface area (Å²) in [4.78, 5) is 78.5. The van der Waals surface area contributed by atoms with E-state index in [0.717, 1.165) is 51.4 Å². The van der Waals surface area contributed by atoms with Crippen LogP contribution in [0.4, 0.5) is 21.0 Å². The standard InChI is InChI=1S/2C21H30Cl2N4O4/c1-21(2,3)18(25-20(30)24-16-9-14(22)8-15(23)10-16)19(29)27(12-17(28)26-31)11-13-6-4-5-7-13;1-21(2,3)18(25-20(30)24-14-8-9-15(22)16(23)10-14)19(29)27(12-17(28)26-31)11-13-6-4-5-7-13/h2*8-10,13,18,31H,4-7,11-12H2,1-3H3,(H,26,28)(H2,24,25,30)/t2*18-/m11/s1. The van der Waals surface area contributed by atoms with Gasteiger partial charge < -0.3 is 31.1 Å². The summed E-state index contributed by atoms with van der Waals surface area (Å²) in [6, 6.07) is 6.30. The third kappa shape index (κ3) is 17.2. The summed E-state index contributed by atoms with van der Waals surface area (Å²) in [5.74, 6) is -1.55. The zero-order chi connectivity index (χ0) is 46.4. The molecule has 62 heavy (non-hydrogen) atoms. The van der Waals surface area contributed by atoms with Gasteiger partial charge in [0.2, 0.25) is 11.8 Å². The molecule has 0 unspecified atom stereocenters. The molecule has 2 aromatic carbocycles. The van der Waals surface area contributed by atoms with Gasteiger partial charge in [0, 0.05) is 34.5 Å². The summed E-state index contributed by atoms with van der Waals surface area (Å²) >= 11 is 23.8. The van der Waals surface area contributed by atoms with Crippen molar-refractivity contribution in [1.29, 1.82) is 0 Å². The van der Waals surface area contributed by atoms with Crippen molar-refractivity contribution >= 4 is 93.5 Å². The maximum atomic E-state index is 13.4. The van der Waals surface area contributed by atoms with Gasteiger partial charge in [-0.1, -0.05) is 114 Å². The Hall–Kier alpha value is -4.06. The number of halogens is 4. The number of benzene rings is 2. The Morgan fingerprint density at radius 3 is 1.34 bits per heavy atom. The second-order valence-corrected chi connectivity index (χ2v) is 19.6. The molecule has 0 heterocycles. The Kier molecular flexibility index (Phi) is 20.3. The highest BCUT2D eigenvalue weighted by atomic mass is 35.5. The zero-order valence-corrected chi connectivity index (χ0v) is 39.0. The van der Waals surface area contributed by atoms with Crippen molar-refractivity contribution in [2.45, 2.75) is 105 Å². The zero-order valence-electron chi connectivity index (χ0n) is 36.0. The summed E-state index contributed by atoms with van der Waals surface area (Å²) in [5.41, 5.74) is 2.71. The number of carbonyl (C=O) groups is 6. The van der Waals surface area contributed by atoms with Crippen LogP contribution in [0.1, 0.15) is 92.9 Å². The highest BCUT2D eigenvalue weighted by Gasteiger charge is 2.39. The molecule has 2 aromatic rings. The van der Waals surface area contributed by atoms with E-state index in [1.54, 1.807) is 41.3 Å². The Morgan fingerprint density at radius 1 is 0.597 bits per heavy atom. The van der Waals surface area contributed by atoms with E-state index in [2.05, 4.69) is 21.3 Å². The number of nitrogens with one attached hydrogen (secondary N) is 6. The van der Waals surface area contributed by atoms with Gasteiger partial charge in [-0.15, -0.1) is 0 Å². The smallest absolute Gasteiger partial charge is 0.319 e. The van der Waals surface area contributed by atoms with Crippen LogP contribution in [-0.4, -0.2) is 94.2 Å². The molecule has 2 fully saturated rings. The average Bonchev–Trinajstić information content (AvgIpc) is 3.90. The molecule has 0 radical (unpaired) electrons. The quantitative estimate of drug-likeness (QED) is 0.0681. The minimum absolute atomic E-state index is 0.283. The summed E-state index contributed by atoms with van der Waals surface area (Å²) in [7, 11) is 0. The molecule has 0 aliphatic heterocycles. The Bertz CT molecular complexity index is 1860. The van der Waals surface area contributed by atoms with Crippen molar-refractivity contribution in [2.75, 3.05) is 36.8 Å². The van der Waals surface area contributed by atoms with E-state index in [4.69, 9.17) is 56.8 Å². The molecule has 2 saturated carbocycles. The molecule has 16 nitrogen and oxygen atoms in total. The lowest BCUT2D eigenvalue weighted by atomic mass is 9.85. The third-order valence-electron chi connectivity index (χ3n) is 10.5. The number of rotatable bonds is 14. The number of amides is 8. The lowest BCUT2D eigenvalue weighted by Crippen LogP contribution is -2.57. The van der Waals surface area contributed by atoms with Crippen LogP contribution in [0.3, 0.4) is 0 Å². The molecular formula is C42H60Cl4N8O8. The molecule has 0 bridgehead atoms. The van der Waals surface area contributed by atoms with E-state index in [-0.39, 0.29) is 24.9 Å². The molecule has 0 saturated heterocycles. The van der Waals surface area contributed by atoms with E-state index in [0.29, 0.717) is 56.4 Å². The van der Waals surface area contributed by atoms with Gasteiger partial charge in [-0.2, -0.15) is 0 Å². The number of anilines is 2. The molecule has 2 atom stereocenters. The second kappa shape index (κ2) is 24.1. The Morgan fingerprint density at radius 2 is 0.984 bits per heavy atom. The maximum Gasteiger partial charge on any atom is 0.319 e. The number of hydrogen-bond donors (Lipinski definition) is 8. The highest BCUT2D eigenvalue weighted by Crippen LogP contribution is 2.30. The fraction of sp³-hybridized carbons (Fsp3) is 0.571. The Labute approximate surface area is 383 Å². The largest absolute Gasteiger partial charge is 0.331 e. The molecular weight excluding hydrogens is 886 g/mol. The van der Waals surface area contributed by atoms with Gasteiger partial charge in [0.15, 0.2) is 0 Å². The van der Waals surface area contributed by atoms with Gasteiger partial charge in [0.25, 0.3) is 11.8 Å². The number of hydrogen-bond acceptors (Lipinski definition) is 8. The van der Waals surface area contributed by atoms with Gasteiger partial charge >= 0.3 is 12.1 Å². The monoisotopic (exact) mass is 944 g/mol. The van der Waals surface area contributed by atoms with Gasteiger partial charge in [-0.05, 0) is 84.7 Å². The number of hydroxylamine groups is 2. The van der Waals surface area contributed by atoms with Crippen LogP contribution in [0.2, 0.25) is 20.1 Å². The van der Waals surface area contributed by atoms with Gasteiger partial charge in [0.1, 0.15) is 25.2 Å². The molecule has 8 N–H and O–H groups in total. The minimum Gasteiger partial charge on any atom is -0.331 e. The highest BCUT2D eigenvalue weighted by molar-refractivity contribution is 6.42. The summed E-state index contributed by atoms with van der Waals surface area (Å²) in [6.45, 7) is 11.2. The van der Waals surface area contributed by atoms with E-state index in [9.17, 15) is 28.8 Å². The molecule has 344 valence electrons. The second-order valence-electron chi connectivity index (χ2n) is 17.9. The fourth-order valence-corrected chi connectivity index (χ4v) is 8.17. The van der Waals surface area contributed by atoms with Crippen molar-refractivity contribution in [3.8, 4) is 0 Å². The van der Waals surface area contributed by atoms with Crippen LogP contribution in [-0.2, 0) is 19.2 Å². The number of urea groups is 2. The SMILES string of the molecule is CC(C)(C)[C@H](NC(=O)Nc1cc(Cl)cc(Cl)c1)C(=O)N(CC(=O)NO)CC1CCCC1.CC(C)(C)[C@H](NC(=O)Nc1ccc(Cl)c(Cl)c1)C(=O)N(CC(=O)NO)CC1CCCC1. The molecule has 2 aliphatic carbocycles. The maximum absolute atomic E-state index is 13.4. The first-order valence-electron chi connectivity index (χ1n) is 20.5. The first kappa shape index (κ1) is 52.3. The third-order valence-corrected chi connectivity index (χ3v) is 11.7. The molecule has 0 spiro atoms. The van der Waals surface area contributed by atoms with Crippen LogP contribution >= 0.6 is 46.4 Å². The van der Waals surface area contributed by atoms with Crippen LogP contribution in [0.15, 0.2) is 36.4 Å². The van der Waals surface area contributed by atoms with Crippen LogP contribution in [0.5, 0.6) is 0 Å². The summed E-state index contributed by atoms with van der Waals surface area (Å²) < 4.78 is 0. The summed E-state index contributed by atoms with van der Waals surface area (Å²) in [5, 5.41) is 30.0. The van der Waals surface area contributed by atoms with E-state index in [1.165, 1.54) is 15.9 Å². The first-order chi connectivity index (χ1) is 29.0. The van der Waals surface area contributed by atoms with Crippen LogP contribution in [0, 0.1) is 22.7 Å². The van der Waals surface area contributed by atoms with Crippen molar-refractivity contribution in [1.82, 2.24) is 31.4 Å². The topological polar surface area (TPSA) is 222 Å². The normalized spacial score (nSPS) is 15.3. The first-order valence-corrected chi connectivity index (χ1v) is 22.0. The predicted molar refractivity (Wildman–Crippen MR) is 241 cm³/mol. The molecule has 0 aromatic heterocycles. The minimum atomic E-state index is -0.907. The molecule has 20 heteroatoms. The van der Waals surface area contributed by atoms with Gasteiger partial charge in [-0.3, -0.25) is 29.6 Å². The summed E-state index contributed by atoms with van der Waals surface area (Å²) in [6.07, 6.45) is 8.28. The van der Waals surface area contributed by atoms with Crippen molar-refractivity contribution in [3.05, 3.63) is 56.5 Å². The van der Waals surface area contributed by atoms with E-state index >= 15 is 0 Å². The van der Waals surface area contributed by atoms with Crippen LogP contribution in [0.25, 0.3) is 0 Å². The lowest BCUT2D eigenvalue weighted by Gasteiger charge is -2.35. The number of nitrogens with zero attached hydrogens (tertiary/aromatic N) is 2. The van der Waals surface area contributed by atoms with E-state index < -0.39 is 46.8 Å². The van der Waals surface area contributed by atoms with Crippen molar-refractivity contribution < 1.29 is 39.2 Å². The van der Waals surface area contributed by atoms with Crippen LogP contribution < -0.4 is 32.2 Å². The fourth-order valence-electron chi connectivity index (χ4n) is 7.35. The average molecular weight is 947 g/mol. The molecule has 2 aliphatic rings.